The Hall–Kier alpha value is -9.76. The lowest BCUT2D eigenvalue weighted by atomic mass is 9.65. The second-order valence-electron chi connectivity index (χ2n) is 21.4. The van der Waals surface area contributed by atoms with Gasteiger partial charge in [0.05, 0.1) is 33.2 Å². The van der Waals surface area contributed by atoms with Gasteiger partial charge in [-0.2, -0.15) is 0 Å². The van der Waals surface area contributed by atoms with Crippen LogP contribution in [0.15, 0.2) is 267 Å². The van der Waals surface area contributed by atoms with Crippen LogP contribution < -0.4 is 4.90 Å². The minimum atomic E-state index is -0.612. The Labute approximate surface area is 439 Å². The van der Waals surface area contributed by atoms with E-state index in [1.54, 1.807) is 0 Å². The molecule has 0 N–H and O–H groups in total. The summed E-state index contributed by atoms with van der Waals surface area (Å²) in [6.07, 6.45) is 0. The molecular formula is C74H44N2. The van der Waals surface area contributed by atoms with Crippen molar-refractivity contribution >= 4 is 71.2 Å². The fourth-order valence-electron chi connectivity index (χ4n) is 15.4. The Morgan fingerprint density at radius 1 is 0.276 bits per heavy atom. The van der Waals surface area contributed by atoms with Crippen LogP contribution in [0.2, 0.25) is 0 Å². The lowest BCUT2D eigenvalue weighted by molar-refractivity contribution is 0.748. The molecule has 13 aromatic carbocycles. The molecule has 0 fully saturated rings. The van der Waals surface area contributed by atoms with E-state index in [-0.39, 0.29) is 0 Å². The van der Waals surface area contributed by atoms with Crippen LogP contribution in [0, 0.1) is 0 Å². The smallest absolute Gasteiger partial charge is 0.0755 e. The summed E-state index contributed by atoms with van der Waals surface area (Å²) in [5.41, 5.74) is 24.3. The number of fused-ring (bicyclic) bond motifs is 27. The van der Waals surface area contributed by atoms with Crippen molar-refractivity contribution in [2.24, 2.45) is 0 Å². The van der Waals surface area contributed by atoms with E-state index in [0.717, 1.165) is 17.1 Å². The van der Waals surface area contributed by atoms with Crippen molar-refractivity contribution in [1.29, 1.82) is 0 Å². The van der Waals surface area contributed by atoms with E-state index < -0.39 is 10.8 Å². The predicted octanol–water partition coefficient (Wildman–Crippen LogP) is 18.7. The molecule has 0 saturated carbocycles. The van der Waals surface area contributed by atoms with Gasteiger partial charge in [0, 0.05) is 27.5 Å². The van der Waals surface area contributed by atoms with Crippen LogP contribution in [0.5, 0.6) is 0 Å². The van der Waals surface area contributed by atoms with Gasteiger partial charge < -0.3 is 9.47 Å². The Morgan fingerprint density at radius 3 is 1.53 bits per heavy atom. The third kappa shape index (κ3) is 4.80. The number of aromatic nitrogens is 1. The summed E-state index contributed by atoms with van der Waals surface area (Å²) in [5, 5.41) is 9.99. The Balaban J connectivity index is 0.973. The van der Waals surface area contributed by atoms with E-state index in [0.29, 0.717) is 0 Å². The van der Waals surface area contributed by atoms with Crippen molar-refractivity contribution in [2.45, 2.75) is 10.8 Å². The number of nitrogens with zero attached hydrogens (tertiary/aromatic N) is 2. The topological polar surface area (TPSA) is 8.17 Å². The SMILES string of the molecule is c1ccc2c(c1)-c1ccccc1C21c2ccccc2-c2c1cc(N(c1ccc3c(c1)C1(c4ccccc4-3)c3ccccc3-n3c4ccccc4c4cccc1c43)c1ccc3c(ccc4ccccc43)c1)c1ccccc21. The van der Waals surface area contributed by atoms with Gasteiger partial charge in [0.15, 0.2) is 0 Å². The molecule has 1 aliphatic heterocycles. The van der Waals surface area contributed by atoms with Gasteiger partial charge in [-0.15, -0.1) is 0 Å². The average Bonchev–Trinajstić information content (AvgIpc) is 4.33. The Morgan fingerprint density at radius 2 is 0.776 bits per heavy atom. The van der Waals surface area contributed by atoms with Gasteiger partial charge in [0.25, 0.3) is 0 Å². The number of anilines is 3. The second kappa shape index (κ2) is 14.5. The first-order chi connectivity index (χ1) is 37.7. The highest BCUT2D eigenvalue weighted by Gasteiger charge is 2.54. The molecule has 2 spiro atoms. The van der Waals surface area contributed by atoms with Crippen LogP contribution in [0.1, 0.15) is 44.5 Å². The second-order valence-corrected chi connectivity index (χ2v) is 21.4. The monoisotopic (exact) mass is 960 g/mol. The van der Waals surface area contributed by atoms with Crippen LogP contribution in [0.4, 0.5) is 17.1 Å². The zero-order valence-electron chi connectivity index (χ0n) is 41.3. The van der Waals surface area contributed by atoms with Crippen LogP contribution in [0.3, 0.4) is 0 Å². The summed E-state index contributed by atoms with van der Waals surface area (Å²) >= 11 is 0. The van der Waals surface area contributed by atoms with Crippen molar-refractivity contribution in [1.82, 2.24) is 4.57 Å². The minimum Gasteiger partial charge on any atom is -0.310 e. The fourth-order valence-corrected chi connectivity index (χ4v) is 15.4. The molecule has 2 heterocycles. The predicted molar refractivity (Wildman–Crippen MR) is 315 cm³/mol. The Kier molecular flexibility index (Phi) is 7.77. The number of hydrogen-bond acceptors (Lipinski definition) is 1. The van der Waals surface area contributed by atoms with E-state index in [2.05, 4.69) is 276 Å². The molecule has 0 bridgehead atoms. The third-order valence-corrected chi connectivity index (χ3v) is 18.1. The molecule has 350 valence electrons. The molecule has 4 aliphatic rings. The molecule has 0 amide bonds. The molecule has 2 nitrogen and oxygen atoms in total. The van der Waals surface area contributed by atoms with Crippen LogP contribution in [0.25, 0.3) is 93.2 Å². The summed E-state index contributed by atoms with van der Waals surface area (Å²) in [5.74, 6) is 0. The maximum atomic E-state index is 2.60. The van der Waals surface area contributed by atoms with Crippen molar-refractivity contribution in [3.05, 3.63) is 311 Å². The molecule has 2 heteroatoms. The highest BCUT2D eigenvalue weighted by atomic mass is 15.1. The molecule has 18 rings (SSSR count). The minimum absolute atomic E-state index is 0.529. The molecule has 1 aromatic heterocycles. The third-order valence-electron chi connectivity index (χ3n) is 18.1. The number of rotatable bonds is 3. The zero-order chi connectivity index (χ0) is 49.4. The van der Waals surface area contributed by atoms with Gasteiger partial charge in [-0.25, -0.2) is 0 Å². The first-order valence-electron chi connectivity index (χ1n) is 26.7. The van der Waals surface area contributed by atoms with Crippen LogP contribution in [-0.4, -0.2) is 4.57 Å². The lowest BCUT2D eigenvalue weighted by Gasteiger charge is -2.40. The number of benzene rings is 13. The normalized spacial score (nSPS) is 15.5. The van der Waals surface area contributed by atoms with Gasteiger partial charge in [-0.05, 0) is 147 Å². The maximum absolute atomic E-state index is 2.60. The van der Waals surface area contributed by atoms with E-state index in [4.69, 9.17) is 0 Å². The Bertz CT molecular complexity index is 4870. The van der Waals surface area contributed by atoms with E-state index in [1.807, 2.05) is 0 Å². The number of para-hydroxylation sites is 3. The molecule has 0 radical (unpaired) electrons. The van der Waals surface area contributed by atoms with Crippen molar-refractivity contribution in [3.63, 3.8) is 0 Å². The number of hydrogen-bond donors (Lipinski definition) is 0. The maximum Gasteiger partial charge on any atom is 0.0755 e. The van der Waals surface area contributed by atoms with Crippen molar-refractivity contribution in [2.75, 3.05) is 4.90 Å². The van der Waals surface area contributed by atoms with Gasteiger partial charge in [-0.1, -0.05) is 224 Å². The van der Waals surface area contributed by atoms with E-state index in [9.17, 15) is 0 Å². The van der Waals surface area contributed by atoms with Crippen molar-refractivity contribution in [3.8, 4) is 39.1 Å². The van der Waals surface area contributed by atoms with E-state index in [1.165, 1.54) is 138 Å². The summed E-state index contributed by atoms with van der Waals surface area (Å²) < 4.78 is 2.54. The van der Waals surface area contributed by atoms with E-state index >= 15 is 0 Å². The first kappa shape index (κ1) is 40.7. The standard InChI is InChI=1S/C74H44N2/c1-2-19-49-45(18-1)36-37-46-42-47(38-40-50(46)49)75(70-44-67-71(57-25-4-3-23-55(57)70)59-26-8-13-31-63(59)73(67)60-28-10-5-20-51(60)52-21-6-11-29-61(52)73)48-39-41-54-53-22-7-12-30-62(53)74(66(54)43-48)64-32-14-16-35-69(64)76-68-34-15-9-24-56(68)58-27-17-33-65(74)72(58)76/h1-44H. The molecule has 1 unspecified atom stereocenters. The fraction of sp³-hybridized carbons (Fsp3) is 0.0270. The first-order valence-corrected chi connectivity index (χ1v) is 26.7. The van der Waals surface area contributed by atoms with Gasteiger partial charge in [0.2, 0.25) is 0 Å². The largest absolute Gasteiger partial charge is 0.310 e. The van der Waals surface area contributed by atoms with Crippen molar-refractivity contribution < 1.29 is 0 Å². The van der Waals surface area contributed by atoms with Crippen LogP contribution in [-0.2, 0) is 10.8 Å². The highest BCUT2D eigenvalue weighted by Crippen LogP contribution is 2.66. The van der Waals surface area contributed by atoms with Crippen LogP contribution >= 0.6 is 0 Å². The van der Waals surface area contributed by atoms with Gasteiger partial charge in [0.1, 0.15) is 0 Å². The summed E-state index contributed by atoms with van der Waals surface area (Å²) in [7, 11) is 0. The molecule has 3 aliphatic carbocycles. The zero-order valence-corrected chi connectivity index (χ0v) is 41.3. The molecular weight excluding hydrogens is 917 g/mol. The molecule has 14 aromatic rings. The molecule has 76 heavy (non-hydrogen) atoms. The summed E-state index contributed by atoms with van der Waals surface area (Å²) in [6, 6.07) is 102. The summed E-state index contributed by atoms with van der Waals surface area (Å²) in [6.45, 7) is 0. The molecule has 0 saturated heterocycles. The average molecular weight is 961 g/mol. The summed E-state index contributed by atoms with van der Waals surface area (Å²) in [4.78, 5) is 2.60. The lowest BCUT2D eigenvalue weighted by Crippen LogP contribution is -2.33. The van der Waals surface area contributed by atoms with Gasteiger partial charge >= 0.3 is 0 Å². The van der Waals surface area contributed by atoms with Gasteiger partial charge in [-0.3, -0.25) is 0 Å². The molecule has 1 atom stereocenters. The highest BCUT2D eigenvalue weighted by molar-refractivity contribution is 6.15. The quantitative estimate of drug-likeness (QED) is 0.160.